The van der Waals surface area contributed by atoms with Gasteiger partial charge in [-0.2, -0.15) is 0 Å². The summed E-state index contributed by atoms with van der Waals surface area (Å²) in [5, 5.41) is 5.86. The van der Waals surface area contributed by atoms with E-state index >= 15 is 0 Å². The molecule has 1 saturated heterocycles. The summed E-state index contributed by atoms with van der Waals surface area (Å²) in [6.45, 7) is 3.17. The lowest BCUT2D eigenvalue weighted by Crippen LogP contribution is -2.47. The van der Waals surface area contributed by atoms with E-state index in [1.54, 1.807) is 7.05 Å². The standard InChI is InChI=1S/C8H16N2O/c1-6-3-4-7(10-5-6)8(11)9-2/h6-7,10H,3-5H2,1-2H3,(H,9,11). The number of carbonyl (C=O) groups excluding carboxylic acids is 1. The molecule has 0 aromatic heterocycles. The van der Waals surface area contributed by atoms with Crippen molar-refractivity contribution in [2.24, 2.45) is 5.92 Å². The molecule has 0 saturated carbocycles. The monoisotopic (exact) mass is 156 g/mol. The fraction of sp³-hybridized carbons (Fsp3) is 0.875. The van der Waals surface area contributed by atoms with Gasteiger partial charge in [0.1, 0.15) is 0 Å². The van der Waals surface area contributed by atoms with E-state index in [-0.39, 0.29) is 11.9 Å². The first-order chi connectivity index (χ1) is 5.24. The molecule has 0 spiro atoms. The van der Waals surface area contributed by atoms with Crippen molar-refractivity contribution >= 4 is 5.91 Å². The topological polar surface area (TPSA) is 41.1 Å². The number of nitrogens with one attached hydrogen (secondary N) is 2. The van der Waals surface area contributed by atoms with Gasteiger partial charge in [-0.25, -0.2) is 0 Å². The van der Waals surface area contributed by atoms with Gasteiger partial charge in [0.25, 0.3) is 0 Å². The maximum atomic E-state index is 11.1. The second-order valence-electron chi connectivity index (χ2n) is 3.26. The maximum absolute atomic E-state index is 11.1. The van der Waals surface area contributed by atoms with Crippen molar-refractivity contribution in [2.75, 3.05) is 13.6 Å². The smallest absolute Gasteiger partial charge is 0.236 e. The highest BCUT2D eigenvalue weighted by Gasteiger charge is 2.22. The Labute approximate surface area is 67.5 Å². The first kappa shape index (κ1) is 8.53. The highest BCUT2D eigenvalue weighted by atomic mass is 16.2. The number of amides is 1. The Morgan fingerprint density at radius 3 is 2.73 bits per heavy atom. The molecular formula is C8H16N2O. The molecule has 2 unspecified atom stereocenters. The highest BCUT2D eigenvalue weighted by Crippen LogP contribution is 2.12. The van der Waals surface area contributed by atoms with E-state index in [0.29, 0.717) is 0 Å². The van der Waals surface area contributed by atoms with Crippen molar-refractivity contribution < 1.29 is 4.79 Å². The molecular weight excluding hydrogens is 140 g/mol. The molecule has 1 heterocycles. The van der Waals surface area contributed by atoms with E-state index in [9.17, 15) is 4.79 Å². The molecule has 11 heavy (non-hydrogen) atoms. The highest BCUT2D eigenvalue weighted by molar-refractivity contribution is 5.81. The van der Waals surface area contributed by atoms with Gasteiger partial charge < -0.3 is 10.6 Å². The molecule has 0 bridgehead atoms. The Hall–Kier alpha value is -0.570. The summed E-state index contributed by atoms with van der Waals surface area (Å²) in [6, 6.07) is 0.0520. The van der Waals surface area contributed by atoms with Crippen LogP contribution in [0.15, 0.2) is 0 Å². The van der Waals surface area contributed by atoms with Gasteiger partial charge in [-0.3, -0.25) is 4.79 Å². The molecule has 0 radical (unpaired) electrons. The number of hydrogen-bond acceptors (Lipinski definition) is 2. The van der Waals surface area contributed by atoms with Crippen LogP contribution in [0.4, 0.5) is 0 Å². The summed E-state index contributed by atoms with van der Waals surface area (Å²) < 4.78 is 0. The summed E-state index contributed by atoms with van der Waals surface area (Å²) in [5.41, 5.74) is 0. The molecule has 1 aliphatic heterocycles. The molecule has 0 aliphatic carbocycles. The first-order valence-corrected chi connectivity index (χ1v) is 4.19. The lowest BCUT2D eigenvalue weighted by atomic mass is 9.96. The average molecular weight is 156 g/mol. The van der Waals surface area contributed by atoms with Gasteiger partial charge in [0, 0.05) is 7.05 Å². The van der Waals surface area contributed by atoms with E-state index in [1.165, 1.54) is 0 Å². The number of hydrogen-bond donors (Lipinski definition) is 2. The van der Waals surface area contributed by atoms with Crippen LogP contribution in [0.25, 0.3) is 0 Å². The first-order valence-electron chi connectivity index (χ1n) is 4.19. The van der Waals surface area contributed by atoms with Gasteiger partial charge in [-0.05, 0) is 25.3 Å². The molecule has 0 aromatic carbocycles. The minimum Gasteiger partial charge on any atom is -0.358 e. The van der Waals surface area contributed by atoms with Crippen LogP contribution in [-0.4, -0.2) is 25.5 Å². The Morgan fingerprint density at radius 1 is 1.55 bits per heavy atom. The minimum atomic E-state index is 0.0520. The van der Waals surface area contributed by atoms with Crippen LogP contribution >= 0.6 is 0 Å². The van der Waals surface area contributed by atoms with Gasteiger partial charge >= 0.3 is 0 Å². The zero-order valence-corrected chi connectivity index (χ0v) is 7.18. The average Bonchev–Trinajstić information content (AvgIpc) is 2.05. The summed E-state index contributed by atoms with van der Waals surface area (Å²) in [4.78, 5) is 11.1. The van der Waals surface area contributed by atoms with Crippen LogP contribution in [0.2, 0.25) is 0 Å². The fourth-order valence-corrected chi connectivity index (χ4v) is 1.40. The molecule has 1 fully saturated rings. The largest absolute Gasteiger partial charge is 0.358 e. The van der Waals surface area contributed by atoms with Gasteiger partial charge in [0.15, 0.2) is 0 Å². The van der Waals surface area contributed by atoms with Crippen LogP contribution < -0.4 is 10.6 Å². The molecule has 1 rings (SSSR count). The number of carbonyl (C=O) groups is 1. The van der Waals surface area contributed by atoms with Crippen molar-refractivity contribution in [1.29, 1.82) is 0 Å². The predicted octanol–water partition coefficient (Wildman–Crippen LogP) is 0.120. The normalized spacial score (nSPS) is 31.5. The third-order valence-corrected chi connectivity index (χ3v) is 2.22. The maximum Gasteiger partial charge on any atom is 0.236 e. The lowest BCUT2D eigenvalue weighted by Gasteiger charge is -2.26. The third-order valence-electron chi connectivity index (χ3n) is 2.22. The van der Waals surface area contributed by atoms with Crippen LogP contribution in [0.3, 0.4) is 0 Å². The zero-order valence-electron chi connectivity index (χ0n) is 7.18. The third kappa shape index (κ3) is 2.19. The second-order valence-corrected chi connectivity index (χ2v) is 3.26. The van der Waals surface area contributed by atoms with E-state index < -0.39 is 0 Å². The molecule has 2 N–H and O–H groups in total. The van der Waals surface area contributed by atoms with Crippen molar-refractivity contribution in [1.82, 2.24) is 10.6 Å². The van der Waals surface area contributed by atoms with E-state index in [2.05, 4.69) is 17.6 Å². The lowest BCUT2D eigenvalue weighted by molar-refractivity contribution is -0.123. The van der Waals surface area contributed by atoms with Crippen molar-refractivity contribution in [3.8, 4) is 0 Å². The van der Waals surface area contributed by atoms with Crippen LogP contribution in [0.1, 0.15) is 19.8 Å². The number of rotatable bonds is 1. The van der Waals surface area contributed by atoms with Crippen LogP contribution in [0, 0.1) is 5.92 Å². The Morgan fingerprint density at radius 2 is 2.27 bits per heavy atom. The van der Waals surface area contributed by atoms with Crippen LogP contribution in [-0.2, 0) is 4.79 Å². The zero-order chi connectivity index (χ0) is 8.27. The quantitative estimate of drug-likeness (QED) is 0.566. The van der Waals surface area contributed by atoms with Crippen LogP contribution in [0.5, 0.6) is 0 Å². The minimum absolute atomic E-state index is 0.0520. The Balaban J connectivity index is 2.33. The van der Waals surface area contributed by atoms with Gasteiger partial charge in [-0.15, -0.1) is 0 Å². The molecule has 1 aliphatic rings. The summed E-state index contributed by atoms with van der Waals surface area (Å²) >= 11 is 0. The van der Waals surface area contributed by atoms with Gasteiger partial charge in [0.05, 0.1) is 6.04 Å². The summed E-state index contributed by atoms with van der Waals surface area (Å²) in [5.74, 6) is 0.841. The van der Waals surface area contributed by atoms with E-state index in [4.69, 9.17) is 0 Å². The number of piperidine rings is 1. The van der Waals surface area contributed by atoms with E-state index in [0.717, 1.165) is 25.3 Å². The van der Waals surface area contributed by atoms with Crippen molar-refractivity contribution in [3.63, 3.8) is 0 Å². The second kappa shape index (κ2) is 3.72. The predicted molar refractivity (Wildman–Crippen MR) is 44.3 cm³/mol. The van der Waals surface area contributed by atoms with E-state index in [1.807, 2.05) is 0 Å². The Bertz CT molecular complexity index is 139. The van der Waals surface area contributed by atoms with Gasteiger partial charge in [-0.1, -0.05) is 6.92 Å². The molecule has 0 aromatic rings. The fourth-order valence-electron chi connectivity index (χ4n) is 1.40. The molecule has 1 amide bonds. The van der Waals surface area contributed by atoms with Crippen molar-refractivity contribution in [3.05, 3.63) is 0 Å². The SMILES string of the molecule is CNC(=O)C1CCC(C)CN1. The summed E-state index contributed by atoms with van der Waals surface area (Å²) in [7, 11) is 1.68. The Kier molecular flexibility index (Phi) is 2.88. The molecule has 64 valence electrons. The van der Waals surface area contributed by atoms with Crippen molar-refractivity contribution in [2.45, 2.75) is 25.8 Å². The number of likely N-dealkylation sites (N-methyl/N-ethyl adjacent to an activating group) is 1. The molecule has 3 heteroatoms. The van der Waals surface area contributed by atoms with Gasteiger partial charge in [0.2, 0.25) is 5.91 Å². The molecule has 2 atom stereocenters. The molecule has 3 nitrogen and oxygen atoms in total. The summed E-state index contributed by atoms with van der Waals surface area (Å²) in [6.07, 6.45) is 2.13.